The fourth-order valence-corrected chi connectivity index (χ4v) is 5.81. The molecule has 43 heavy (non-hydrogen) atoms. The molecular weight excluding hydrogens is 575 g/mol. The summed E-state index contributed by atoms with van der Waals surface area (Å²) >= 11 is 0. The van der Waals surface area contributed by atoms with E-state index in [2.05, 4.69) is 20.0 Å². The number of nitrogens with zero attached hydrogens (tertiary/aromatic N) is 4. The van der Waals surface area contributed by atoms with Crippen LogP contribution in [0.5, 0.6) is 11.6 Å². The summed E-state index contributed by atoms with van der Waals surface area (Å²) in [5.41, 5.74) is 7.85. The quantitative estimate of drug-likeness (QED) is 0.148. The van der Waals surface area contributed by atoms with Crippen LogP contribution in [0.25, 0.3) is 11.2 Å². The Hall–Kier alpha value is -3.87. The molecule has 0 aliphatic carbocycles. The standard InChI is InChI=1S/C29H35N6O7P/c1-37-14-13-21-15-23(41-28(21)35-19-31-25-26(35)33-29(30)34-27(25)38-2)18-40-43(42-22-11-7-4-8-12-22)32-16-24(36)39-17-20-9-5-3-6-10-20/h3-12,19,21,23,28,32H,13-18H2,1-2H3,(H2,30,33,34)/t21-,23?,28?,43?/m0/s1. The summed E-state index contributed by atoms with van der Waals surface area (Å²) in [5, 5.41) is 3.07. The van der Waals surface area contributed by atoms with Gasteiger partial charge < -0.3 is 33.7 Å². The summed E-state index contributed by atoms with van der Waals surface area (Å²) < 4.78 is 36.7. The van der Waals surface area contributed by atoms with Crippen molar-refractivity contribution in [1.82, 2.24) is 24.6 Å². The van der Waals surface area contributed by atoms with E-state index in [0.717, 1.165) is 12.0 Å². The molecule has 0 spiro atoms. The number of carbonyl (C=O) groups is 1. The van der Waals surface area contributed by atoms with E-state index >= 15 is 0 Å². The van der Waals surface area contributed by atoms with E-state index in [-0.39, 0.29) is 37.7 Å². The predicted octanol–water partition coefficient (Wildman–Crippen LogP) is 4.01. The number of ether oxygens (including phenoxy) is 4. The van der Waals surface area contributed by atoms with Crippen molar-refractivity contribution in [2.75, 3.05) is 39.7 Å². The number of esters is 1. The van der Waals surface area contributed by atoms with Crippen molar-refractivity contribution in [1.29, 1.82) is 0 Å². The number of hydrogen-bond donors (Lipinski definition) is 2. The van der Waals surface area contributed by atoms with E-state index in [9.17, 15) is 4.79 Å². The van der Waals surface area contributed by atoms with Crippen LogP contribution in [0.15, 0.2) is 67.0 Å². The number of nitrogen functional groups attached to an aromatic ring is 1. The molecule has 4 atom stereocenters. The normalized spacial score (nSPS) is 18.9. The molecule has 2 aromatic heterocycles. The Morgan fingerprint density at radius 1 is 1.12 bits per heavy atom. The van der Waals surface area contributed by atoms with Crippen LogP contribution >= 0.6 is 8.53 Å². The highest BCUT2D eigenvalue weighted by molar-refractivity contribution is 7.45. The molecule has 2 aromatic carbocycles. The molecule has 14 heteroatoms. The molecule has 0 bridgehead atoms. The highest BCUT2D eigenvalue weighted by Crippen LogP contribution is 2.41. The lowest BCUT2D eigenvalue weighted by atomic mass is 10.00. The molecule has 13 nitrogen and oxygen atoms in total. The minimum absolute atomic E-state index is 0.0782. The minimum Gasteiger partial charge on any atom is -0.479 e. The number of methoxy groups -OCH3 is 2. The van der Waals surface area contributed by atoms with E-state index in [1.165, 1.54) is 7.11 Å². The lowest BCUT2D eigenvalue weighted by molar-refractivity contribution is -0.143. The number of nitrogens with two attached hydrogens (primary N) is 1. The summed E-state index contributed by atoms with van der Waals surface area (Å²) in [7, 11) is 1.47. The van der Waals surface area contributed by atoms with Crippen molar-refractivity contribution < 1.29 is 32.8 Å². The number of carbonyl (C=O) groups excluding carboxylic acids is 1. The maximum atomic E-state index is 12.5. The van der Waals surface area contributed by atoms with Gasteiger partial charge in [-0.15, -0.1) is 0 Å². The van der Waals surface area contributed by atoms with Gasteiger partial charge in [-0.25, -0.2) is 10.1 Å². The number of rotatable bonds is 15. The average Bonchev–Trinajstić information content (AvgIpc) is 3.64. The largest absolute Gasteiger partial charge is 0.479 e. The van der Waals surface area contributed by atoms with E-state index in [4.69, 9.17) is 33.7 Å². The summed E-state index contributed by atoms with van der Waals surface area (Å²) in [5.74, 6) is 0.643. The third kappa shape index (κ3) is 8.15. The molecule has 4 aromatic rings. The first-order valence-electron chi connectivity index (χ1n) is 13.8. The molecule has 1 fully saturated rings. The Labute approximate surface area is 250 Å². The zero-order valence-corrected chi connectivity index (χ0v) is 24.9. The number of imidazole rings is 1. The van der Waals surface area contributed by atoms with Gasteiger partial charge in [0.05, 0.1) is 26.1 Å². The van der Waals surface area contributed by atoms with Crippen LogP contribution in [0.1, 0.15) is 24.6 Å². The van der Waals surface area contributed by atoms with Gasteiger partial charge >= 0.3 is 14.5 Å². The van der Waals surface area contributed by atoms with Gasteiger partial charge in [-0.3, -0.25) is 9.36 Å². The summed E-state index contributed by atoms with van der Waals surface area (Å²) in [4.78, 5) is 25.4. The van der Waals surface area contributed by atoms with Gasteiger partial charge in [0, 0.05) is 19.6 Å². The van der Waals surface area contributed by atoms with Crippen molar-refractivity contribution in [2.45, 2.75) is 31.8 Å². The molecule has 3 unspecified atom stereocenters. The van der Waals surface area contributed by atoms with Gasteiger partial charge in [0.1, 0.15) is 25.1 Å². The first-order valence-corrected chi connectivity index (χ1v) is 15.0. The molecule has 0 saturated carbocycles. The average molecular weight is 611 g/mol. The fourth-order valence-electron chi connectivity index (χ4n) is 4.73. The van der Waals surface area contributed by atoms with Crippen molar-refractivity contribution in [3.05, 3.63) is 72.6 Å². The fraction of sp³-hybridized carbons (Fsp3) is 0.379. The maximum Gasteiger partial charge on any atom is 0.320 e. The number of aromatic nitrogens is 4. The Morgan fingerprint density at radius 2 is 1.88 bits per heavy atom. The molecule has 3 heterocycles. The first-order chi connectivity index (χ1) is 21.0. The van der Waals surface area contributed by atoms with E-state index in [1.807, 2.05) is 65.2 Å². The number of para-hydroxylation sites is 1. The highest BCUT2D eigenvalue weighted by atomic mass is 31.2. The molecule has 1 saturated heterocycles. The van der Waals surface area contributed by atoms with Gasteiger partial charge in [-0.2, -0.15) is 9.97 Å². The van der Waals surface area contributed by atoms with Gasteiger partial charge in [0.25, 0.3) is 0 Å². The number of anilines is 1. The number of hydrogen-bond acceptors (Lipinski definition) is 12. The number of fused-ring (bicyclic) bond motifs is 1. The lowest BCUT2D eigenvalue weighted by Gasteiger charge is -2.21. The van der Waals surface area contributed by atoms with Gasteiger partial charge in [0.15, 0.2) is 11.2 Å². The summed E-state index contributed by atoms with van der Waals surface area (Å²) in [6.07, 6.45) is 2.43. The molecular formula is C29H35N6O7P. The Morgan fingerprint density at radius 3 is 2.63 bits per heavy atom. The Kier molecular flexibility index (Phi) is 10.7. The molecule has 3 N–H and O–H groups in total. The van der Waals surface area contributed by atoms with E-state index < -0.39 is 20.7 Å². The summed E-state index contributed by atoms with van der Waals surface area (Å²) in [6, 6.07) is 18.8. The van der Waals surface area contributed by atoms with Crippen molar-refractivity contribution in [3.63, 3.8) is 0 Å². The summed E-state index contributed by atoms with van der Waals surface area (Å²) in [6.45, 7) is 0.879. The molecule has 1 aliphatic rings. The molecule has 0 amide bonds. The third-order valence-corrected chi connectivity index (χ3v) is 7.95. The lowest BCUT2D eigenvalue weighted by Crippen LogP contribution is -2.25. The smallest absolute Gasteiger partial charge is 0.320 e. The van der Waals surface area contributed by atoms with Crippen molar-refractivity contribution >= 4 is 31.6 Å². The molecule has 0 radical (unpaired) electrons. The van der Waals surface area contributed by atoms with Crippen molar-refractivity contribution in [3.8, 4) is 11.6 Å². The van der Waals surface area contributed by atoms with Crippen LogP contribution in [0, 0.1) is 5.92 Å². The molecule has 228 valence electrons. The van der Waals surface area contributed by atoms with Gasteiger partial charge in [-0.05, 0) is 30.5 Å². The zero-order valence-electron chi connectivity index (χ0n) is 24.0. The number of nitrogens with one attached hydrogen (secondary N) is 1. The molecule has 5 rings (SSSR count). The second kappa shape index (κ2) is 15.0. The Balaban J connectivity index is 1.24. The second-order valence-corrected chi connectivity index (χ2v) is 11.1. The van der Waals surface area contributed by atoms with Crippen LogP contribution < -0.4 is 20.1 Å². The SMILES string of the molecule is COCC[C@H]1CC(COP(NCC(=O)OCc2ccccc2)Oc2ccccc2)OC1n1cnc2c(OC)nc(N)nc21. The van der Waals surface area contributed by atoms with E-state index in [0.29, 0.717) is 35.8 Å². The Bertz CT molecular complexity index is 1460. The van der Waals surface area contributed by atoms with Crippen LogP contribution in [-0.4, -0.2) is 65.6 Å². The van der Waals surface area contributed by atoms with Crippen molar-refractivity contribution in [2.24, 2.45) is 5.92 Å². The minimum atomic E-state index is -1.70. The number of benzene rings is 2. The van der Waals surface area contributed by atoms with Crippen LogP contribution in [0.4, 0.5) is 5.95 Å². The van der Waals surface area contributed by atoms with Gasteiger partial charge in [0.2, 0.25) is 11.8 Å². The van der Waals surface area contributed by atoms with Crippen LogP contribution in [0.3, 0.4) is 0 Å². The van der Waals surface area contributed by atoms with Crippen LogP contribution in [0.2, 0.25) is 0 Å². The predicted molar refractivity (Wildman–Crippen MR) is 159 cm³/mol. The third-order valence-electron chi connectivity index (χ3n) is 6.77. The van der Waals surface area contributed by atoms with Crippen LogP contribution in [-0.2, 0) is 30.1 Å². The highest BCUT2D eigenvalue weighted by Gasteiger charge is 2.38. The van der Waals surface area contributed by atoms with Gasteiger partial charge in [-0.1, -0.05) is 48.5 Å². The van der Waals surface area contributed by atoms with E-state index in [1.54, 1.807) is 13.4 Å². The topological polar surface area (TPSA) is 154 Å². The molecule has 1 aliphatic heterocycles. The monoisotopic (exact) mass is 610 g/mol. The second-order valence-electron chi connectivity index (χ2n) is 9.78. The maximum absolute atomic E-state index is 12.5. The first kappa shape index (κ1) is 30.6. The zero-order chi connectivity index (χ0) is 30.0.